The Labute approximate surface area is 147 Å². The molecular weight excluding hydrogens is 320 g/mol. The molecule has 2 aromatic rings. The molecule has 0 spiro atoms. The lowest BCUT2D eigenvalue weighted by molar-refractivity contribution is -0.0394. The van der Waals surface area contributed by atoms with Crippen LogP contribution in [0.3, 0.4) is 0 Å². The van der Waals surface area contributed by atoms with Gasteiger partial charge in [0.15, 0.2) is 11.6 Å². The maximum atomic E-state index is 5.89. The van der Waals surface area contributed by atoms with Crippen LogP contribution in [0.5, 0.6) is 0 Å². The molecule has 8 heteroatoms. The van der Waals surface area contributed by atoms with Crippen LogP contribution in [-0.2, 0) is 16.7 Å². The zero-order valence-electron chi connectivity index (χ0n) is 15.2. The van der Waals surface area contributed by atoms with Crippen molar-refractivity contribution in [2.75, 3.05) is 19.7 Å². The molecular formula is C17H26N6O2. The van der Waals surface area contributed by atoms with E-state index in [2.05, 4.69) is 51.0 Å². The number of ether oxygens (including phenoxy) is 1. The van der Waals surface area contributed by atoms with Crippen LogP contribution in [0, 0.1) is 0 Å². The second kappa shape index (κ2) is 6.49. The van der Waals surface area contributed by atoms with Gasteiger partial charge in [-0.05, 0) is 12.8 Å². The lowest BCUT2D eigenvalue weighted by Gasteiger charge is -2.30. The molecule has 0 unspecified atom stereocenters. The summed E-state index contributed by atoms with van der Waals surface area (Å²) in [6.45, 7) is 9.19. The fraction of sp³-hybridized carbons (Fsp3) is 0.765. The van der Waals surface area contributed by atoms with E-state index in [4.69, 9.17) is 9.15 Å². The number of hydrogen-bond donors (Lipinski definition) is 1. The van der Waals surface area contributed by atoms with Crippen molar-refractivity contribution in [1.29, 1.82) is 0 Å². The summed E-state index contributed by atoms with van der Waals surface area (Å²) in [5.74, 6) is 3.57. The second-order valence-electron chi connectivity index (χ2n) is 8.05. The monoisotopic (exact) mass is 346 g/mol. The van der Waals surface area contributed by atoms with Crippen molar-refractivity contribution in [2.45, 2.75) is 64.0 Å². The van der Waals surface area contributed by atoms with Crippen molar-refractivity contribution in [1.82, 2.24) is 30.3 Å². The zero-order valence-corrected chi connectivity index (χ0v) is 15.2. The minimum absolute atomic E-state index is 0.0786. The van der Waals surface area contributed by atoms with Gasteiger partial charge in [-0.15, -0.1) is 10.2 Å². The van der Waals surface area contributed by atoms with E-state index >= 15 is 0 Å². The standard InChI is InChI=1S/C17H26N6O2/c1-17(2,3)16-18-14(20-22-16)12-9-23(7-8-24-12)10-13-19-21-15(25-13)11-5-4-6-11/h11-12H,4-10H2,1-3H3,(H,18,20,22)/t12-/m1/s1. The Morgan fingerprint density at radius 2 is 2.08 bits per heavy atom. The number of nitrogens with one attached hydrogen (secondary N) is 1. The molecule has 1 N–H and O–H groups in total. The highest BCUT2D eigenvalue weighted by Gasteiger charge is 2.29. The summed E-state index contributed by atoms with van der Waals surface area (Å²) in [5, 5.41) is 15.8. The van der Waals surface area contributed by atoms with Gasteiger partial charge in [-0.25, -0.2) is 4.98 Å². The van der Waals surface area contributed by atoms with Gasteiger partial charge in [-0.2, -0.15) is 5.10 Å². The zero-order chi connectivity index (χ0) is 17.4. The molecule has 136 valence electrons. The van der Waals surface area contributed by atoms with E-state index in [0.717, 1.165) is 30.6 Å². The fourth-order valence-corrected chi connectivity index (χ4v) is 3.11. The van der Waals surface area contributed by atoms with Gasteiger partial charge in [0.1, 0.15) is 6.10 Å². The second-order valence-corrected chi connectivity index (χ2v) is 8.05. The van der Waals surface area contributed by atoms with Crippen LogP contribution in [-0.4, -0.2) is 50.0 Å². The maximum absolute atomic E-state index is 5.89. The van der Waals surface area contributed by atoms with Crippen molar-refractivity contribution in [3.8, 4) is 0 Å². The molecule has 0 aromatic carbocycles. The number of aromatic amines is 1. The summed E-state index contributed by atoms with van der Waals surface area (Å²) in [4.78, 5) is 6.89. The third kappa shape index (κ3) is 3.59. The van der Waals surface area contributed by atoms with E-state index in [0.29, 0.717) is 25.0 Å². The molecule has 1 atom stereocenters. The minimum atomic E-state index is -0.105. The summed E-state index contributed by atoms with van der Waals surface area (Å²) >= 11 is 0. The first-order valence-electron chi connectivity index (χ1n) is 9.08. The lowest BCUT2D eigenvalue weighted by atomic mass is 9.85. The average molecular weight is 346 g/mol. The van der Waals surface area contributed by atoms with Gasteiger partial charge < -0.3 is 9.15 Å². The Balaban J connectivity index is 1.39. The van der Waals surface area contributed by atoms with Crippen molar-refractivity contribution in [3.63, 3.8) is 0 Å². The molecule has 1 saturated carbocycles. The van der Waals surface area contributed by atoms with Gasteiger partial charge in [-0.3, -0.25) is 10.00 Å². The Morgan fingerprint density at radius 3 is 2.76 bits per heavy atom. The van der Waals surface area contributed by atoms with Crippen molar-refractivity contribution >= 4 is 0 Å². The molecule has 25 heavy (non-hydrogen) atoms. The average Bonchev–Trinajstić information content (AvgIpc) is 3.15. The molecule has 2 aliphatic rings. The first-order chi connectivity index (χ1) is 12.0. The van der Waals surface area contributed by atoms with Crippen LogP contribution in [0.4, 0.5) is 0 Å². The molecule has 2 aromatic heterocycles. The first kappa shape index (κ1) is 16.7. The van der Waals surface area contributed by atoms with E-state index in [-0.39, 0.29) is 11.5 Å². The van der Waals surface area contributed by atoms with Crippen molar-refractivity contribution in [2.24, 2.45) is 0 Å². The minimum Gasteiger partial charge on any atom is -0.424 e. The molecule has 0 radical (unpaired) electrons. The fourth-order valence-electron chi connectivity index (χ4n) is 3.11. The third-order valence-corrected chi connectivity index (χ3v) is 4.92. The summed E-state index contributed by atoms with van der Waals surface area (Å²) in [6.07, 6.45) is 3.50. The third-order valence-electron chi connectivity index (χ3n) is 4.92. The molecule has 4 rings (SSSR count). The van der Waals surface area contributed by atoms with Gasteiger partial charge >= 0.3 is 0 Å². The SMILES string of the molecule is CC(C)(C)c1n[nH]c([C@H]2CN(Cc3nnc(C4CCC4)o3)CCO2)n1. The molecule has 1 aliphatic heterocycles. The van der Waals surface area contributed by atoms with E-state index < -0.39 is 0 Å². The van der Waals surface area contributed by atoms with Crippen LogP contribution < -0.4 is 0 Å². The number of morpholine rings is 1. The predicted octanol–water partition coefficient (Wildman–Crippen LogP) is 2.33. The highest BCUT2D eigenvalue weighted by atomic mass is 16.5. The Hall–Kier alpha value is -1.80. The molecule has 1 aliphatic carbocycles. The number of aromatic nitrogens is 5. The normalized spacial score (nSPS) is 22.9. The summed E-state index contributed by atoms with van der Waals surface area (Å²) in [5.41, 5.74) is -0.0786. The molecule has 1 saturated heterocycles. The molecule has 2 fully saturated rings. The van der Waals surface area contributed by atoms with Crippen LogP contribution in [0.1, 0.15) is 75.5 Å². The summed E-state index contributed by atoms with van der Waals surface area (Å²) < 4.78 is 11.7. The Kier molecular flexibility index (Phi) is 4.33. The van der Waals surface area contributed by atoms with Crippen molar-refractivity contribution < 1.29 is 9.15 Å². The van der Waals surface area contributed by atoms with Gasteiger partial charge in [0.2, 0.25) is 11.8 Å². The van der Waals surface area contributed by atoms with Crippen LogP contribution >= 0.6 is 0 Å². The first-order valence-corrected chi connectivity index (χ1v) is 9.08. The largest absolute Gasteiger partial charge is 0.424 e. The van der Waals surface area contributed by atoms with E-state index in [1.165, 1.54) is 19.3 Å². The van der Waals surface area contributed by atoms with Gasteiger partial charge in [0.25, 0.3) is 0 Å². The molecule has 3 heterocycles. The van der Waals surface area contributed by atoms with E-state index in [1.807, 2.05) is 0 Å². The van der Waals surface area contributed by atoms with Gasteiger partial charge in [0, 0.05) is 24.4 Å². The van der Waals surface area contributed by atoms with E-state index in [1.54, 1.807) is 0 Å². The quantitative estimate of drug-likeness (QED) is 0.908. The van der Waals surface area contributed by atoms with Crippen LogP contribution in [0.2, 0.25) is 0 Å². The predicted molar refractivity (Wildman–Crippen MR) is 89.9 cm³/mol. The number of rotatable bonds is 4. The number of hydrogen-bond acceptors (Lipinski definition) is 7. The van der Waals surface area contributed by atoms with E-state index in [9.17, 15) is 0 Å². The van der Waals surface area contributed by atoms with Crippen molar-refractivity contribution in [3.05, 3.63) is 23.4 Å². The lowest BCUT2D eigenvalue weighted by Crippen LogP contribution is -2.38. The van der Waals surface area contributed by atoms with Gasteiger partial charge in [-0.1, -0.05) is 27.2 Å². The topological polar surface area (TPSA) is 93.0 Å². The Morgan fingerprint density at radius 1 is 1.24 bits per heavy atom. The maximum Gasteiger partial charge on any atom is 0.230 e. The molecule has 0 amide bonds. The molecule has 8 nitrogen and oxygen atoms in total. The Bertz CT molecular complexity index is 715. The summed E-state index contributed by atoms with van der Waals surface area (Å²) in [6, 6.07) is 0. The van der Waals surface area contributed by atoms with Gasteiger partial charge in [0.05, 0.1) is 13.2 Å². The van der Waals surface area contributed by atoms with Crippen LogP contribution in [0.15, 0.2) is 4.42 Å². The number of nitrogens with zero attached hydrogens (tertiary/aromatic N) is 5. The molecule has 0 bridgehead atoms. The summed E-state index contributed by atoms with van der Waals surface area (Å²) in [7, 11) is 0. The highest BCUT2D eigenvalue weighted by Crippen LogP contribution is 2.35. The smallest absolute Gasteiger partial charge is 0.230 e. The van der Waals surface area contributed by atoms with Crippen LogP contribution in [0.25, 0.3) is 0 Å². The number of H-pyrrole nitrogens is 1. The highest BCUT2D eigenvalue weighted by molar-refractivity contribution is 5.04.